The summed E-state index contributed by atoms with van der Waals surface area (Å²) >= 11 is 0. The summed E-state index contributed by atoms with van der Waals surface area (Å²) < 4.78 is 0. The fourth-order valence-electron chi connectivity index (χ4n) is 4.40. The lowest BCUT2D eigenvalue weighted by atomic mass is 9.89. The van der Waals surface area contributed by atoms with Crippen molar-refractivity contribution in [2.24, 2.45) is 11.8 Å². The minimum Gasteiger partial charge on any atom is -0.331 e. The molecule has 134 valence electrons. The molecule has 1 amide bonds. The number of fused-ring (bicyclic) bond motifs is 2. The van der Waals surface area contributed by atoms with E-state index in [4.69, 9.17) is 0 Å². The summed E-state index contributed by atoms with van der Waals surface area (Å²) in [6, 6.07) is 16.1. The first-order valence-corrected chi connectivity index (χ1v) is 8.69. The van der Waals surface area contributed by atoms with E-state index in [-0.39, 0.29) is 24.4 Å². The number of aromatic nitrogens is 3. The maximum atomic E-state index is 13.4. The third-order valence-corrected chi connectivity index (χ3v) is 5.54. The smallest absolute Gasteiger partial charge is 0.256 e. The van der Waals surface area contributed by atoms with Crippen LogP contribution in [0.3, 0.4) is 0 Å². The molecule has 2 saturated heterocycles. The van der Waals surface area contributed by atoms with Crippen LogP contribution in [0.25, 0.3) is 11.0 Å². The van der Waals surface area contributed by atoms with Crippen molar-refractivity contribution >= 4 is 29.3 Å². The predicted molar refractivity (Wildman–Crippen MR) is 101 cm³/mol. The summed E-state index contributed by atoms with van der Waals surface area (Å²) in [6.45, 7) is 2.72. The van der Waals surface area contributed by atoms with Crippen LogP contribution in [-0.2, 0) is 0 Å². The van der Waals surface area contributed by atoms with Crippen LogP contribution in [0.5, 0.6) is 0 Å². The molecule has 1 aromatic heterocycles. The third-order valence-electron chi connectivity index (χ3n) is 5.54. The van der Waals surface area contributed by atoms with Crippen LogP contribution >= 0.6 is 12.4 Å². The van der Waals surface area contributed by atoms with Gasteiger partial charge in [-0.05, 0) is 23.6 Å². The molecule has 7 heteroatoms. The van der Waals surface area contributed by atoms with E-state index >= 15 is 0 Å². The molecule has 0 radical (unpaired) electrons. The number of nitrogens with one attached hydrogen (secondary N) is 2. The molecule has 0 saturated carbocycles. The third kappa shape index (κ3) is 2.57. The Kier molecular flexibility index (Phi) is 4.38. The second kappa shape index (κ2) is 6.70. The lowest BCUT2D eigenvalue weighted by Gasteiger charge is -2.28. The summed E-state index contributed by atoms with van der Waals surface area (Å²) in [5.74, 6) is 1.01. The van der Waals surface area contributed by atoms with Gasteiger partial charge >= 0.3 is 0 Å². The van der Waals surface area contributed by atoms with Crippen LogP contribution in [0.2, 0.25) is 0 Å². The number of H-pyrrole nitrogens is 1. The molecule has 26 heavy (non-hydrogen) atoms. The number of hydrogen-bond acceptors (Lipinski definition) is 4. The second-order valence-corrected chi connectivity index (χ2v) is 6.89. The average molecular weight is 370 g/mol. The minimum absolute atomic E-state index is 0. The van der Waals surface area contributed by atoms with Crippen molar-refractivity contribution in [2.45, 2.75) is 6.04 Å². The number of nitrogens with zero attached hydrogens (tertiary/aromatic N) is 3. The topological polar surface area (TPSA) is 73.9 Å². The number of amides is 1. The Morgan fingerprint density at radius 3 is 2.73 bits per heavy atom. The zero-order valence-electron chi connectivity index (χ0n) is 14.1. The van der Waals surface area contributed by atoms with E-state index in [1.807, 2.05) is 41.3 Å². The van der Waals surface area contributed by atoms with Crippen LogP contribution in [-0.4, -0.2) is 45.9 Å². The van der Waals surface area contributed by atoms with E-state index in [1.165, 1.54) is 5.56 Å². The Labute approximate surface area is 157 Å². The van der Waals surface area contributed by atoms with Gasteiger partial charge in [0.25, 0.3) is 5.91 Å². The van der Waals surface area contributed by atoms with Crippen LogP contribution < -0.4 is 5.32 Å². The molecule has 0 unspecified atom stereocenters. The summed E-state index contributed by atoms with van der Waals surface area (Å²) in [5.41, 5.74) is 3.21. The van der Waals surface area contributed by atoms with E-state index in [1.54, 1.807) is 0 Å². The first-order valence-electron chi connectivity index (χ1n) is 8.69. The first kappa shape index (κ1) is 17.0. The minimum atomic E-state index is 0. The number of benzene rings is 2. The Bertz CT molecular complexity index is 928. The fraction of sp³-hybridized carbons (Fsp3) is 0.316. The van der Waals surface area contributed by atoms with Crippen LogP contribution in [0.15, 0.2) is 48.5 Å². The molecule has 3 aromatic rings. The lowest BCUT2D eigenvalue weighted by molar-refractivity contribution is 0.0716. The maximum absolute atomic E-state index is 13.4. The highest BCUT2D eigenvalue weighted by molar-refractivity contribution is 6.04. The Hall–Kier alpha value is -2.44. The molecule has 5 rings (SSSR count). The number of hydrogen-bond donors (Lipinski definition) is 2. The predicted octanol–water partition coefficient (Wildman–Crippen LogP) is 2.41. The SMILES string of the molecule is Cl.O=C(c1cccc2n[nH]nc12)N1C[C@@H]2CNC[C@@H]2[C@@H]1c1ccccc1. The number of carbonyl (C=O) groups excluding carboxylic acids is 1. The fourth-order valence-corrected chi connectivity index (χ4v) is 4.40. The Morgan fingerprint density at radius 1 is 1.04 bits per heavy atom. The van der Waals surface area contributed by atoms with Gasteiger partial charge in [0.05, 0.1) is 11.6 Å². The van der Waals surface area contributed by atoms with Crippen LogP contribution in [0, 0.1) is 11.8 Å². The second-order valence-electron chi connectivity index (χ2n) is 6.89. The largest absolute Gasteiger partial charge is 0.331 e. The summed E-state index contributed by atoms with van der Waals surface area (Å²) in [6.07, 6.45) is 0. The van der Waals surface area contributed by atoms with Crippen molar-refractivity contribution in [3.63, 3.8) is 0 Å². The van der Waals surface area contributed by atoms with Gasteiger partial charge < -0.3 is 10.2 Å². The molecule has 3 atom stereocenters. The molecule has 0 bridgehead atoms. The molecule has 2 aromatic carbocycles. The quantitative estimate of drug-likeness (QED) is 0.727. The normalized spacial score (nSPS) is 24.5. The van der Waals surface area contributed by atoms with Gasteiger partial charge in [0.15, 0.2) is 0 Å². The standard InChI is InChI=1S/C19H19N5O.ClH/c25-19(14-7-4-8-16-17(14)22-23-21-16)24-11-13-9-20-10-15(13)18(24)12-5-2-1-3-6-12;/h1-8,13,15,18,20H,9-11H2,(H,21,22,23);1H/t13-,15-,18-;/m0./s1. The Morgan fingerprint density at radius 2 is 1.88 bits per heavy atom. The van der Waals surface area contributed by atoms with Crippen molar-refractivity contribution < 1.29 is 4.79 Å². The molecule has 0 aliphatic carbocycles. The number of aromatic amines is 1. The van der Waals surface area contributed by atoms with E-state index in [9.17, 15) is 4.79 Å². The van der Waals surface area contributed by atoms with Crippen molar-refractivity contribution in [3.05, 3.63) is 59.7 Å². The zero-order chi connectivity index (χ0) is 16.8. The number of carbonyl (C=O) groups is 1. The van der Waals surface area contributed by atoms with Gasteiger partial charge in [0, 0.05) is 25.6 Å². The molecule has 3 heterocycles. The summed E-state index contributed by atoms with van der Waals surface area (Å²) in [4.78, 5) is 15.4. The molecule has 2 fully saturated rings. The van der Waals surface area contributed by atoms with Crippen LogP contribution in [0.4, 0.5) is 0 Å². The van der Waals surface area contributed by atoms with Crippen molar-refractivity contribution in [3.8, 4) is 0 Å². The molecule has 2 aliphatic rings. The van der Waals surface area contributed by atoms with Crippen LogP contribution in [0.1, 0.15) is 22.0 Å². The number of halogens is 1. The molecule has 2 aliphatic heterocycles. The van der Waals surface area contributed by atoms with Gasteiger partial charge in [0.2, 0.25) is 0 Å². The van der Waals surface area contributed by atoms with Gasteiger partial charge in [-0.3, -0.25) is 4.79 Å². The monoisotopic (exact) mass is 369 g/mol. The van der Waals surface area contributed by atoms with Crippen molar-refractivity contribution in [2.75, 3.05) is 19.6 Å². The zero-order valence-corrected chi connectivity index (χ0v) is 14.9. The first-order chi connectivity index (χ1) is 12.3. The molecule has 6 nitrogen and oxygen atoms in total. The molecule has 2 N–H and O–H groups in total. The van der Waals surface area contributed by atoms with E-state index in [0.29, 0.717) is 22.9 Å². The highest BCUT2D eigenvalue weighted by atomic mass is 35.5. The average Bonchev–Trinajstić information content (AvgIpc) is 3.36. The van der Waals surface area contributed by atoms with Gasteiger partial charge in [-0.2, -0.15) is 15.4 Å². The molecular formula is C19H20ClN5O. The molecular weight excluding hydrogens is 350 g/mol. The van der Waals surface area contributed by atoms with E-state index in [2.05, 4.69) is 32.9 Å². The number of likely N-dealkylation sites (tertiary alicyclic amines) is 1. The summed E-state index contributed by atoms with van der Waals surface area (Å²) in [7, 11) is 0. The van der Waals surface area contributed by atoms with Gasteiger partial charge in [0.1, 0.15) is 11.0 Å². The van der Waals surface area contributed by atoms with Gasteiger partial charge in [-0.15, -0.1) is 12.4 Å². The number of para-hydroxylation sites is 1. The van der Waals surface area contributed by atoms with E-state index in [0.717, 1.165) is 25.2 Å². The van der Waals surface area contributed by atoms with Gasteiger partial charge in [-0.25, -0.2) is 0 Å². The summed E-state index contributed by atoms with van der Waals surface area (Å²) in [5, 5.41) is 14.4. The number of rotatable bonds is 2. The highest BCUT2D eigenvalue weighted by Crippen LogP contribution is 2.43. The maximum Gasteiger partial charge on any atom is 0.256 e. The van der Waals surface area contributed by atoms with Crippen molar-refractivity contribution in [1.82, 2.24) is 25.6 Å². The highest BCUT2D eigenvalue weighted by Gasteiger charge is 2.47. The van der Waals surface area contributed by atoms with E-state index < -0.39 is 0 Å². The van der Waals surface area contributed by atoms with Gasteiger partial charge in [-0.1, -0.05) is 36.4 Å². The Balaban J connectivity index is 0.00000168. The van der Waals surface area contributed by atoms with Crippen molar-refractivity contribution in [1.29, 1.82) is 0 Å². The molecule has 0 spiro atoms. The lowest BCUT2D eigenvalue weighted by Crippen LogP contribution is -2.34.